The second kappa shape index (κ2) is 5.98. The molecule has 0 aliphatic carbocycles. The van der Waals surface area contributed by atoms with Crippen LogP contribution >= 0.6 is 12.2 Å². The number of hydrogen-bond donors (Lipinski definition) is 1. The molecule has 2 rings (SSSR count). The van der Waals surface area contributed by atoms with E-state index in [2.05, 4.69) is 5.32 Å². The van der Waals surface area contributed by atoms with E-state index in [4.69, 9.17) is 21.7 Å². The molecule has 1 aromatic rings. The van der Waals surface area contributed by atoms with Crippen LogP contribution in [0.1, 0.15) is 18.4 Å². The number of benzene rings is 1. The van der Waals surface area contributed by atoms with E-state index in [1.54, 1.807) is 7.11 Å². The number of rotatable bonds is 4. The van der Waals surface area contributed by atoms with Crippen LogP contribution in [0.4, 0.5) is 0 Å². The Morgan fingerprint density at radius 1 is 1.53 bits per heavy atom. The molecule has 1 saturated heterocycles. The van der Waals surface area contributed by atoms with E-state index < -0.39 is 0 Å². The van der Waals surface area contributed by atoms with Gasteiger partial charge < -0.3 is 14.8 Å². The molecule has 17 heavy (non-hydrogen) atoms. The summed E-state index contributed by atoms with van der Waals surface area (Å²) in [5.74, 6) is 0.803. The summed E-state index contributed by atoms with van der Waals surface area (Å²) < 4.78 is 10.8. The summed E-state index contributed by atoms with van der Waals surface area (Å²) in [6, 6.07) is 7.77. The molecule has 4 heteroatoms. The number of ether oxygens (including phenoxy) is 2. The maximum atomic E-state index is 5.54. The number of hydrogen-bond acceptors (Lipinski definition) is 3. The van der Waals surface area contributed by atoms with Gasteiger partial charge in [-0.2, -0.15) is 0 Å². The van der Waals surface area contributed by atoms with Crippen LogP contribution in [0.15, 0.2) is 24.3 Å². The SMILES string of the molecule is COc1ccccc1C(=S)NC[C@@H]1CCCO1. The van der Waals surface area contributed by atoms with Gasteiger partial charge in [0, 0.05) is 13.2 Å². The molecule has 1 aliphatic heterocycles. The van der Waals surface area contributed by atoms with Crippen molar-refractivity contribution in [2.24, 2.45) is 0 Å². The first-order valence-electron chi connectivity index (χ1n) is 5.84. The molecule has 1 aromatic carbocycles. The average molecular weight is 251 g/mol. The molecule has 0 aromatic heterocycles. The highest BCUT2D eigenvalue weighted by atomic mass is 32.1. The molecule has 0 spiro atoms. The Morgan fingerprint density at radius 2 is 2.35 bits per heavy atom. The lowest BCUT2D eigenvalue weighted by molar-refractivity contribution is 0.114. The van der Waals surface area contributed by atoms with E-state index >= 15 is 0 Å². The predicted molar refractivity (Wildman–Crippen MR) is 71.7 cm³/mol. The van der Waals surface area contributed by atoms with Crippen LogP contribution in [0.2, 0.25) is 0 Å². The van der Waals surface area contributed by atoms with E-state index in [0.717, 1.165) is 42.3 Å². The topological polar surface area (TPSA) is 30.5 Å². The third-order valence-corrected chi connectivity index (χ3v) is 3.23. The molecule has 0 radical (unpaired) electrons. The van der Waals surface area contributed by atoms with Crippen molar-refractivity contribution in [2.75, 3.05) is 20.3 Å². The zero-order valence-electron chi connectivity index (χ0n) is 9.94. The first kappa shape index (κ1) is 12.3. The van der Waals surface area contributed by atoms with Crippen molar-refractivity contribution in [3.05, 3.63) is 29.8 Å². The van der Waals surface area contributed by atoms with Crippen molar-refractivity contribution in [1.29, 1.82) is 0 Å². The van der Waals surface area contributed by atoms with Gasteiger partial charge in [0.15, 0.2) is 0 Å². The van der Waals surface area contributed by atoms with Crippen LogP contribution in [0.3, 0.4) is 0 Å². The van der Waals surface area contributed by atoms with Crippen molar-refractivity contribution in [3.8, 4) is 5.75 Å². The van der Waals surface area contributed by atoms with Gasteiger partial charge in [-0.25, -0.2) is 0 Å². The van der Waals surface area contributed by atoms with E-state index in [1.165, 1.54) is 0 Å². The van der Waals surface area contributed by atoms with Gasteiger partial charge in [0.25, 0.3) is 0 Å². The monoisotopic (exact) mass is 251 g/mol. The third kappa shape index (κ3) is 3.17. The highest BCUT2D eigenvalue weighted by molar-refractivity contribution is 7.80. The van der Waals surface area contributed by atoms with Crippen LogP contribution in [-0.2, 0) is 4.74 Å². The molecule has 92 valence electrons. The average Bonchev–Trinajstić information content (AvgIpc) is 2.89. The summed E-state index contributed by atoms with van der Waals surface area (Å²) in [5.41, 5.74) is 0.933. The second-order valence-corrected chi connectivity index (χ2v) is 4.45. The Morgan fingerprint density at radius 3 is 3.06 bits per heavy atom. The quantitative estimate of drug-likeness (QED) is 0.831. The minimum absolute atomic E-state index is 0.294. The summed E-state index contributed by atoms with van der Waals surface area (Å²) in [6.07, 6.45) is 2.55. The molecule has 1 N–H and O–H groups in total. The standard InChI is InChI=1S/C13H17NO2S/c1-15-12-7-3-2-6-11(12)13(17)14-9-10-5-4-8-16-10/h2-3,6-7,10H,4-5,8-9H2,1H3,(H,14,17)/t10-/m0/s1. The number of methoxy groups -OCH3 is 1. The fraction of sp³-hybridized carbons (Fsp3) is 0.462. The van der Waals surface area contributed by atoms with Gasteiger partial charge in [-0.1, -0.05) is 24.4 Å². The van der Waals surface area contributed by atoms with Crippen LogP contribution in [0, 0.1) is 0 Å². The largest absolute Gasteiger partial charge is 0.496 e. The van der Waals surface area contributed by atoms with Gasteiger partial charge in [-0.15, -0.1) is 0 Å². The fourth-order valence-corrected chi connectivity index (χ4v) is 2.19. The van der Waals surface area contributed by atoms with Crippen LogP contribution in [-0.4, -0.2) is 31.4 Å². The second-order valence-electron chi connectivity index (χ2n) is 4.05. The third-order valence-electron chi connectivity index (χ3n) is 2.87. The smallest absolute Gasteiger partial charge is 0.129 e. The molecule has 0 saturated carbocycles. The highest BCUT2D eigenvalue weighted by Crippen LogP contribution is 2.18. The Hall–Kier alpha value is -1.13. The van der Waals surface area contributed by atoms with Crippen LogP contribution in [0.25, 0.3) is 0 Å². The predicted octanol–water partition coefficient (Wildman–Crippen LogP) is 2.14. The summed E-state index contributed by atoms with van der Waals surface area (Å²) in [5, 5.41) is 3.24. The van der Waals surface area contributed by atoms with Gasteiger partial charge in [0.2, 0.25) is 0 Å². The summed E-state index contributed by atoms with van der Waals surface area (Å²) >= 11 is 5.36. The lowest BCUT2D eigenvalue weighted by atomic mass is 10.2. The van der Waals surface area contributed by atoms with Crippen molar-refractivity contribution in [1.82, 2.24) is 5.32 Å². The summed E-state index contributed by atoms with van der Waals surface area (Å²) in [7, 11) is 1.65. The van der Waals surface area contributed by atoms with Crippen LogP contribution < -0.4 is 10.1 Å². The Labute approximate surface area is 107 Å². The van der Waals surface area contributed by atoms with Crippen molar-refractivity contribution < 1.29 is 9.47 Å². The van der Waals surface area contributed by atoms with Gasteiger partial charge in [0.1, 0.15) is 10.7 Å². The zero-order valence-corrected chi connectivity index (χ0v) is 10.8. The Kier molecular flexibility index (Phi) is 4.34. The molecule has 3 nitrogen and oxygen atoms in total. The molecular weight excluding hydrogens is 234 g/mol. The van der Waals surface area contributed by atoms with E-state index in [-0.39, 0.29) is 0 Å². The summed E-state index contributed by atoms with van der Waals surface area (Å²) in [6.45, 7) is 1.64. The molecule has 1 atom stereocenters. The lowest BCUT2D eigenvalue weighted by Crippen LogP contribution is -2.31. The Bertz CT molecular complexity index is 389. The van der Waals surface area contributed by atoms with Gasteiger partial charge in [0.05, 0.1) is 18.8 Å². The van der Waals surface area contributed by atoms with Gasteiger partial charge >= 0.3 is 0 Å². The van der Waals surface area contributed by atoms with E-state index in [0.29, 0.717) is 6.10 Å². The van der Waals surface area contributed by atoms with Gasteiger partial charge in [-0.05, 0) is 25.0 Å². The molecule has 0 unspecified atom stereocenters. The lowest BCUT2D eigenvalue weighted by Gasteiger charge is -2.14. The van der Waals surface area contributed by atoms with E-state index in [9.17, 15) is 0 Å². The van der Waals surface area contributed by atoms with Crippen molar-refractivity contribution in [2.45, 2.75) is 18.9 Å². The minimum atomic E-state index is 0.294. The van der Waals surface area contributed by atoms with Gasteiger partial charge in [-0.3, -0.25) is 0 Å². The minimum Gasteiger partial charge on any atom is -0.496 e. The molecule has 0 bridgehead atoms. The zero-order chi connectivity index (χ0) is 12.1. The first-order valence-corrected chi connectivity index (χ1v) is 6.25. The van der Waals surface area contributed by atoms with Crippen molar-refractivity contribution in [3.63, 3.8) is 0 Å². The first-order chi connectivity index (χ1) is 8.31. The molecule has 1 aliphatic rings. The fourth-order valence-electron chi connectivity index (χ4n) is 1.94. The number of thiocarbonyl (C=S) groups is 1. The molecule has 1 heterocycles. The Balaban J connectivity index is 1.94. The molecular formula is C13H17NO2S. The maximum Gasteiger partial charge on any atom is 0.129 e. The van der Waals surface area contributed by atoms with Crippen LogP contribution in [0.5, 0.6) is 5.75 Å². The van der Waals surface area contributed by atoms with Crippen molar-refractivity contribution >= 4 is 17.2 Å². The highest BCUT2D eigenvalue weighted by Gasteiger charge is 2.16. The number of para-hydroxylation sites is 1. The molecule has 0 amide bonds. The number of nitrogens with one attached hydrogen (secondary N) is 1. The maximum absolute atomic E-state index is 5.54. The normalized spacial score (nSPS) is 19.0. The molecule has 1 fully saturated rings. The summed E-state index contributed by atoms with van der Waals surface area (Å²) in [4.78, 5) is 0.720. The van der Waals surface area contributed by atoms with E-state index in [1.807, 2.05) is 24.3 Å².